The van der Waals surface area contributed by atoms with E-state index in [0.717, 1.165) is 35.8 Å². The van der Waals surface area contributed by atoms with Gasteiger partial charge in [-0.15, -0.1) is 0 Å². The molecular weight excluding hydrogens is 496 g/mol. The molecule has 4 aromatic rings. The lowest BCUT2D eigenvalue weighted by Crippen LogP contribution is -2.36. The van der Waals surface area contributed by atoms with Crippen molar-refractivity contribution in [3.63, 3.8) is 0 Å². The van der Waals surface area contributed by atoms with Crippen molar-refractivity contribution < 1.29 is 31.4 Å². The Labute approximate surface area is 208 Å². The number of piperidine rings is 1. The maximum Gasteiger partial charge on any atom is 0.418 e. The number of benzene rings is 3. The van der Waals surface area contributed by atoms with E-state index in [9.17, 15) is 31.4 Å². The Balaban J connectivity index is 1.62. The van der Waals surface area contributed by atoms with Crippen LogP contribution in [-0.2, 0) is 12.7 Å². The number of rotatable bonds is 5. The van der Waals surface area contributed by atoms with Gasteiger partial charge in [-0.05, 0) is 37.0 Å². The highest BCUT2D eigenvalue weighted by molar-refractivity contribution is 5.95. The molecular formula is C27H23F6N3O. The Bertz CT molecular complexity index is 1410. The Kier molecular flexibility index (Phi) is 6.61. The molecule has 0 bridgehead atoms. The van der Waals surface area contributed by atoms with Crippen molar-refractivity contribution in [2.24, 2.45) is 5.92 Å². The summed E-state index contributed by atoms with van der Waals surface area (Å²) in [6.07, 6.45) is -2.82. The van der Waals surface area contributed by atoms with Crippen LogP contribution in [0.2, 0.25) is 0 Å². The van der Waals surface area contributed by atoms with Crippen molar-refractivity contribution in [2.45, 2.75) is 25.6 Å². The zero-order valence-corrected chi connectivity index (χ0v) is 19.6. The molecule has 5 rings (SSSR count). The lowest BCUT2D eigenvalue weighted by molar-refractivity contribution is -0.136. The summed E-state index contributed by atoms with van der Waals surface area (Å²) >= 11 is 0. The van der Waals surface area contributed by atoms with Gasteiger partial charge < -0.3 is 10.0 Å². The van der Waals surface area contributed by atoms with Gasteiger partial charge in [-0.2, -0.15) is 18.3 Å². The van der Waals surface area contributed by atoms with Gasteiger partial charge in [0, 0.05) is 54.0 Å². The number of hydrogen-bond donors (Lipinski definition) is 1. The van der Waals surface area contributed by atoms with E-state index in [1.165, 1.54) is 12.1 Å². The lowest BCUT2D eigenvalue weighted by Gasteiger charge is -2.33. The van der Waals surface area contributed by atoms with E-state index < -0.39 is 41.3 Å². The summed E-state index contributed by atoms with van der Waals surface area (Å²) in [5.74, 6) is -3.24. The number of nitrogens with zero attached hydrogens (tertiary/aromatic N) is 3. The van der Waals surface area contributed by atoms with E-state index in [0.29, 0.717) is 24.2 Å². The number of fused-ring (bicyclic) bond motifs is 1. The topological polar surface area (TPSA) is 41.3 Å². The molecule has 1 saturated heterocycles. The number of aliphatic hydroxyl groups is 1. The minimum Gasteiger partial charge on any atom is -0.396 e. The van der Waals surface area contributed by atoms with Gasteiger partial charge >= 0.3 is 6.18 Å². The highest BCUT2D eigenvalue weighted by Crippen LogP contribution is 2.39. The van der Waals surface area contributed by atoms with Gasteiger partial charge in [0.25, 0.3) is 0 Å². The fraction of sp³-hybridized carbons (Fsp3) is 0.296. The van der Waals surface area contributed by atoms with Crippen LogP contribution in [-0.4, -0.2) is 34.6 Å². The Morgan fingerprint density at radius 2 is 1.68 bits per heavy atom. The highest BCUT2D eigenvalue weighted by atomic mass is 19.4. The molecule has 0 aliphatic carbocycles. The molecule has 0 amide bonds. The highest BCUT2D eigenvalue weighted by Gasteiger charge is 2.35. The van der Waals surface area contributed by atoms with Gasteiger partial charge in [-0.25, -0.2) is 13.2 Å². The fourth-order valence-electron chi connectivity index (χ4n) is 4.95. The van der Waals surface area contributed by atoms with E-state index in [4.69, 9.17) is 0 Å². The quantitative estimate of drug-likeness (QED) is 0.311. The van der Waals surface area contributed by atoms with Crippen molar-refractivity contribution in [2.75, 3.05) is 24.6 Å². The SMILES string of the molecule is OC[C@@H]1CCCN(c2ccc(-c3c4cccc(C(F)(F)F)c4nn3Cc3c(F)cc(F)cc3F)cc2)C1. The summed E-state index contributed by atoms with van der Waals surface area (Å²) < 4.78 is 84.7. The predicted molar refractivity (Wildman–Crippen MR) is 128 cm³/mol. The molecule has 1 atom stereocenters. The van der Waals surface area contributed by atoms with E-state index in [1.54, 1.807) is 12.1 Å². The standard InChI is InChI=1S/C27H23F6N3O/c28-18-11-23(29)21(24(30)12-18)14-36-26(20-4-1-5-22(25(20)34-36)27(31,32)33)17-6-8-19(9-7-17)35-10-2-3-16(13-35)15-37/h1,4-9,11-12,16,37H,2-3,10,13-15H2/t16-/m1/s1. The third kappa shape index (κ3) is 4.90. The van der Waals surface area contributed by atoms with Gasteiger partial charge in [0.1, 0.15) is 23.0 Å². The molecule has 194 valence electrons. The normalized spacial score (nSPS) is 16.5. The molecule has 1 aliphatic rings. The van der Waals surface area contributed by atoms with Crippen LogP contribution in [0.1, 0.15) is 24.0 Å². The molecule has 37 heavy (non-hydrogen) atoms. The van der Waals surface area contributed by atoms with Crippen LogP contribution in [0.25, 0.3) is 22.2 Å². The van der Waals surface area contributed by atoms with Crippen LogP contribution in [0.4, 0.5) is 32.0 Å². The third-order valence-corrected chi connectivity index (χ3v) is 6.77. The minimum atomic E-state index is -4.69. The third-order valence-electron chi connectivity index (χ3n) is 6.77. The zero-order chi connectivity index (χ0) is 26.3. The average Bonchev–Trinajstić information content (AvgIpc) is 3.23. The first-order chi connectivity index (χ1) is 17.7. The van der Waals surface area contributed by atoms with Crippen molar-refractivity contribution in [1.82, 2.24) is 9.78 Å². The van der Waals surface area contributed by atoms with Crippen molar-refractivity contribution in [3.8, 4) is 11.3 Å². The molecule has 4 nitrogen and oxygen atoms in total. The largest absolute Gasteiger partial charge is 0.418 e. The second-order valence-corrected chi connectivity index (χ2v) is 9.24. The maximum absolute atomic E-state index is 14.5. The van der Waals surface area contributed by atoms with Crippen LogP contribution >= 0.6 is 0 Å². The van der Waals surface area contributed by atoms with E-state index in [1.807, 2.05) is 12.1 Å². The summed E-state index contributed by atoms with van der Waals surface area (Å²) in [6.45, 7) is 1.06. The Morgan fingerprint density at radius 3 is 2.32 bits per heavy atom. The summed E-state index contributed by atoms with van der Waals surface area (Å²) in [5.41, 5.74) is -0.177. The second-order valence-electron chi connectivity index (χ2n) is 9.24. The lowest BCUT2D eigenvalue weighted by atomic mass is 9.98. The monoisotopic (exact) mass is 519 g/mol. The summed E-state index contributed by atoms with van der Waals surface area (Å²) in [5, 5.41) is 13.8. The first kappa shape index (κ1) is 25.1. The predicted octanol–water partition coefficient (Wildman–Crippen LogP) is 6.40. The van der Waals surface area contributed by atoms with Crippen LogP contribution in [0.15, 0.2) is 54.6 Å². The number of hydrogen-bond acceptors (Lipinski definition) is 3. The summed E-state index contributed by atoms with van der Waals surface area (Å²) in [6, 6.07) is 11.8. The average molecular weight is 519 g/mol. The fourth-order valence-corrected chi connectivity index (χ4v) is 4.95. The molecule has 1 N–H and O–H groups in total. The van der Waals surface area contributed by atoms with E-state index in [2.05, 4.69) is 10.00 Å². The number of halogens is 6. The molecule has 10 heteroatoms. The second kappa shape index (κ2) is 9.74. The first-order valence-electron chi connectivity index (χ1n) is 11.8. The van der Waals surface area contributed by atoms with Gasteiger partial charge in [0.05, 0.1) is 17.8 Å². The zero-order valence-electron chi connectivity index (χ0n) is 19.6. The molecule has 1 aliphatic heterocycles. The van der Waals surface area contributed by atoms with Crippen molar-refractivity contribution in [1.29, 1.82) is 0 Å². The van der Waals surface area contributed by atoms with Crippen LogP contribution in [0.3, 0.4) is 0 Å². The Morgan fingerprint density at radius 1 is 0.973 bits per heavy atom. The van der Waals surface area contributed by atoms with Crippen molar-refractivity contribution >= 4 is 16.6 Å². The molecule has 0 unspecified atom stereocenters. The van der Waals surface area contributed by atoms with Crippen molar-refractivity contribution in [3.05, 3.63) is 83.2 Å². The molecule has 1 aromatic heterocycles. The first-order valence-corrected chi connectivity index (χ1v) is 11.8. The maximum atomic E-state index is 14.5. The summed E-state index contributed by atoms with van der Waals surface area (Å²) in [7, 11) is 0. The molecule has 0 spiro atoms. The van der Waals surface area contributed by atoms with Crippen LogP contribution < -0.4 is 4.90 Å². The smallest absolute Gasteiger partial charge is 0.396 e. The summed E-state index contributed by atoms with van der Waals surface area (Å²) in [4.78, 5) is 2.13. The molecule has 3 aromatic carbocycles. The van der Waals surface area contributed by atoms with Gasteiger partial charge in [-0.1, -0.05) is 24.3 Å². The number of anilines is 1. The number of aromatic nitrogens is 2. The van der Waals surface area contributed by atoms with Gasteiger partial charge in [0.15, 0.2) is 0 Å². The molecule has 0 radical (unpaired) electrons. The molecule has 1 fully saturated rings. The van der Waals surface area contributed by atoms with Crippen LogP contribution in [0, 0.1) is 23.4 Å². The molecule has 2 heterocycles. The number of aliphatic hydroxyl groups excluding tert-OH is 1. The van der Waals surface area contributed by atoms with Gasteiger partial charge in [-0.3, -0.25) is 4.68 Å². The molecule has 0 saturated carbocycles. The minimum absolute atomic E-state index is 0.0950. The van der Waals surface area contributed by atoms with Crippen LogP contribution in [0.5, 0.6) is 0 Å². The Hall–Kier alpha value is -3.53. The van der Waals surface area contributed by atoms with E-state index >= 15 is 0 Å². The van der Waals surface area contributed by atoms with Gasteiger partial charge in [0.2, 0.25) is 0 Å². The van der Waals surface area contributed by atoms with E-state index in [-0.39, 0.29) is 29.1 Å². The number of alkyl halides is 3.